The van der Waals surface area contributed by atoms with Crippen LogP contribution in [0.4, 0.5) is 39.1 Å². The van der Waals surface area contributed by atoms with Gasteiger partial charge in [0.25, 0.3) is 12.3 Å². The number of aromatic nitrogens is 2. The molecular weight excluding hydrogens is 485 g/mol. The van der Waals surface area contributed by atoms with Crippen molar-refractivity contribution in [3.8, 4) is 11.1 Å². The highest BCUT2D eigenvalue weighted by Gasteiger charge is 2.45. The maximum absolute atomic E-state index is 15.3. The van der Waals surface area contributed by atoms with Gasteiger partial charge in [-0.05, 0) is 18.2 Å². The van der Waals surface area contributed by atoms with Gasteiger partial charge in [0.2, 0.25) is 17.8 Å². The van der Waals surface area contributed by atoms with E-state index in [4.69, 9.17) is 0 Å². The van der Waals surface area contributed by atoms with Gasteiger partial charge in [-0.25, -0.2) is 22.5 Å². The van der Waals surface area contributed by atoms with Crippen molar-refractivity contribution in [2.45, 2.75) is 18.8 Å². The Morgan fingerprint density at radius 2 is 1.86 bits per heavy atom. The minimum atomic E-state index is -2.93. The van der Waals surface area contributed by atoms with E-state index in [0.29, 0.717) is 5.56 Å². The molecule has 1 aromatic carbocycles. The van der Waals surface area contributed by atoms with E-state index in [2.05, 4.69) is 15.3 Å². The summed E-state index contributed by atoms with van der Waals surface area (Å²) in [5, 5.41) is 2.52. The summed E-state index contributed by atoms with van der Waals surface area (Å²) in [6, 6.07) is 9.33. The summed E-state index contributed by atoms with van der Waals surface area (Å²) in [5.74, 6) is -5.26. The third-order valence-corrected chi connectivity index (χ3v) is 5.93. The Bertz CT molecular complexity index is 1340. The molecule has 0 radical (unpaired) electrons. The molecule has 2 aromatic heterocycles. The van der Waals surface area contributed by atoms with Crippen LogP contribution in [0.5, 0.6) is 0 Å². The van der Waals surface area contributed by atoms with Crippen LogP contribution in [0, 0.1) is 5.95 Å². The number of nitrogens with zero attached hydrogens (tertiary/aromatic N) is 4. The second-order valence-corrected chi connectivity index (χ2v) is 8.50. The fraction of sp³-hybridized carbons (Fsp3) is 0.250. The Morgan fingerprint density at radius 1 is 1.14 bits per heavy atom. The van der Waals surface area contributed by atoms with E-state index < -0.39 is 49.7 Å². The van der Waals surface area contributed by atoms with Crippen LogP contribution in [-0.2, 0) is 16.0 Å². The maximum Gasteiger partial charge on any atom is 0.282 e. The molecule has 12 heteroatoms. The predicted molar refractivity (Wildman–Crippen MR) is 121 cm³/mol. The van der Waals surface area contributed by atoms with E-state index >= 15 is 4.39 Å². The normalized spacial score (nSPS) is 16.2. The van der Waals surface area contributed by atoms with Crippen LogP contribution in [-0.4, -0.2) is 47.3 Å². The quantitative estimate of drug-likeness (QED) is 0.417. The number of amides is 2. The van der Waals surface area contributed by atoms with Crippen molar-refractivity contribution in [1.82, 2.24) is 9.97 Å². The zero-order chi connectivity index (χ0) is 25.6. The lowest BCUT2D eigenvalue weighted by molar-refractivity contribution is -0.121. The molecule has 7 nitrogen and oxygen atoms in total. The number of benzene rings is 1. The lowest BCUT2D eigenvalue weighted by Gasteiger charge is -2.40. The largest absolute Gasteiger partial charge is 0.344 e. The van der Waals surface area contributed by atoms with Gasteiger partial charge >= 0.3 is 0 Å². The van der Waals surface area contributed by atoms with Gasteiger partial charge in [0.1, 0.15) is 12.4 Å². The Hall–Kier alpha value is -4.09. The molecule has 0 aliphatic carbocycles. The number of carbonyl (C=O) groups excluding carboxylic acids is 2. The molecule has 3 aromatic rings. The zero-order valence-corrected chi connectivity index (χ0v) is 18.5. The summed E-state index contributed by atoms with van der Waals surface area (Å²) in [7, 11) is 0. The molecule has 5 rings (SSSR count). The molecule has 1 saturated heterocycles. The number of anilines is 3. The van der Waals surface area contributed by atoms with Crippen molar-refractivity contribution in [3.05, 3.63) is 65.9 Å². The van der Waals surface area contributed by atoms with Crippen molar-refractivity contribution in [1.29, 1.82) is 0 Å². The summed E-state index contributed by atoms with van der Waals surface area (Å²) in [5.41, 5.74) is 0.500. The fourth-order valence-corrected chi connectivity index (χ4v) is 4.20. The fourth-order valence-electron chi connectivity index (χ4n) is 4.20. The molecule has 186 valence electrons. The molecule has 0 saturated carbocycles. The standard InChI is InChI=1S/C24H18F5N5O2/c25-22(26)13-3-5-14(6-4-13)31-19(35)10-34-17-9-18(33-11-24(28,29)12-33)32-23(27)21(17)15-2-1-7-30-16(15)8-20(34)36/h1-7,9,22H,8,10-12H2,(H,31,35). The highest BCUT2D eigenvalue weighted by molar-refractivity contribution is 6.07. The first-order valence-corrected chi connectivity index (χ1v) is 10.9. The molecule has 0 atom stereocenters. The van der Waals surface area contributed by atoms with Gasteiger partial charge in [0.15, 0.2) is 0 Å². The number of carbonyl (C=O) groups is 2. The molecule has 0 bridgehead atoms. The summed E-state index contributed by atoms with van der Waals surface area (Å²) in [4.78, 5) is 36.2. The van der Waals surface area contributed by atoms with Crippen LogP contribution < -0.4 is 15.1 Å². The number of alkyl halides is 4. The monoisotopic (exact) mass is 503 g/mol. The number of pyridine rings is 2. The smallest absolute Gasteiger partial charge is 0.282 e. The lowest BCUT2D eigenvalue weighted by Crippen LogP contribution is -2.56. The van der Waals surface area contributed by atoms with Crippen LogP contribution in [0.1, 0.15) is 17.7 Å². The van der Waals surface area contributed by atoms with E-state index in [9.17, 15) is 27.2 Å². The van der Waals surface area contributed by atoms with Crippen molar-refractivity contribution < 1.29 is 31.5 Å². The second-order valence-electron chi connectivity index (χ2n) is 8.50. The van der Waals surface area contributed by atoms with Gasteiger partial charge < -0.3 is 15.1 Å². The SMILES string of the molecule is O=C(CN1C(=O)Cc2ncccc2-c2c1cc(N1CC(F)(F)C1)nc2F)Nc1ccc(C(F)F)cc1. The first-order chi connectivity index (χ1) is 17.1. The Morgan fingerprint density at radius 3 is 2.53 bits per heavy atom. The number of fused-ring (bicyclic) bond motifs is 3. The first-order valence-electron chi connectivity index (χ1n) is 10.9. The van der Waals surface area contributed by atoms with Crippen LogP contribution in [0.3, 0.4) is 0 Å². The predicted octanol–water partition coefficient (Wildman–Crippen LogP) is 4.20. The van der Waals surface area contributed by atoms with Crippen molar-refractivity contribution in [2.24, 2.45) is 0 Å². The van der Waals surface area contributed by atoms with Gasteiger partial charge in [-0.1, -0.05) is 18.2 Å². The topological polar surface area (TPSA) is 78.4 Å². The number of rotatable bonds is 5. The number of nitrogens with one attached hydrogen (secondary N) is 1. The third-order valence-electron chi connectivity index (χ3n) is 5.93. The van der Waals surface area contributed by atoms with Crippen molar-refractivity contribution in [3.63, 3.8) is 0 Å². The van der Waals surface area contributed by atoms with Crippen LogP contribution in [0.2, 0.25) is 0 Å². The van der Waals surface area contributed by atoms with E-state index in [-0.39, 0.29) is 40.4 Å². The van der Waals surface area contributed by atoms with E-state index in [1.807, 2.05) is 0 Å². The molecule has 2 aliphatic heterocycles. The van der Waals surface area contributed by atoms with E-state index in [1.54, 1.807) is 12.1 Å². The zero-order valence-electron chi connectivity index (χ0n) is 18.5. The highest BCUT2D eigenvalue weighted by Crippen LogP contribution is 2.41. The average Bonchev–Trinajstić information content (AvgIpc) is 2.92. The van der Waals surface area contributed by atoms with Gasteiger partial charge in [0.05, 0.1) is 36.5 Å². The van der Waals surface area contributed by atoms with E-state index in [0.717, 1.165) is 17.0 Å². The molecule has 4 heterocycles. The minimum Gasteiger partial charge on any atom is -0.344 e. The summed E-state index contributed by atoms with van der Waals surface area (Å²) < 4.78 is 67.8. The number of hydrogen-bond donors (Lipinski definition) is 1. The molecule has 2 amide bonds. The Labute approximate surface area is 201 Å². The first kappa shape index (κ1) is 23.6. The van der Waals surface area contributed by atoms with Crippen LogP contribution in [0.15, 0.2) is 48.7 Å². The summed E-state index contributed by atoms with van der Waals surface area (Å²) >= 11 is 0. The summed E-state index contributed by atoms with van der Waals surface area (Å²) in [6.07, 6.45) is -1.46. The van der Waals surface area contributed by atoms with Gasteiger partial charge in [-0.2, -0.15) is 4.39 Å². The van der Waals surface area contributed by atoms with E-state index in [1.165, 1.54) is 29.3 Å². The summed E-state index contributed by atoms with van der Waals surface area (Å²) in [6.45, 7) is -1.85. The average molecular weight is 503 g/mol. The van der Waals surface area contributed by atoms with Gasteiger partial charge in [-0.15, -0.1) is 0 Å². The minimum absolute atomic E-state index is 0.00679. The van der Waals surface area contributed by atoms with Crippen LogP contribution >= 0.6 is 0 Å². The van der Waals surface area contributed by atoms with Crippen molar-refractivity contribution in [2.75, 3.05) is 34.8 Å². The molecule has 1 N–H and O–H groups in total. The molecule has 2 aliphatic rings. The molecule has 0 spiro atoms. The number of halogens is 5. The third kappa shape index (κ3) is 4.45. The molecule has 36 heavy (non-hydrogen) atoms. The molecular formula is C24H18F5N5O2. The number of hydrogen-bond acceptors (Lipinski definition) is 5. The van der Waals surface area contributed by atoms with Gasteiger partial charge in [0, 0.05) is 29.1 Å². The van der Waals surface area contributed by atoms with Gasteiger partial charge in [-0.3, -0.25) is 14.6 Å². The van der Waals surface area contributed by atoms with Crippen molar-refractivity contribution >= 4 is 29.0 Å². The lowest BCUT2D eigenvalue weighted by atomic mass is 10.0. The van der Waals surface area contributed by atoms with Crippen LogP contribution in [0.25, 0.3) is 11.1 Å². The second kappa shape index (κ2) is 8.85. The molecule has 0 unspecified atom stereocenters. The molecule has 1 fully saturated rings. The maximum atomic E-state index is 15.3. The highest BCUT2D eigenvalue weighted by atomic mass is 19.3. The Kier molecular flexibility index (Phi) is 5.81. The Balaban J connectivity index is 1.49.